The Bertz CT molecular complexity index is 1220. The average Bonchev–Trinajstić information content (AvgIpc) is 2.79. The van der Waals surface area contributed by atoms with E-state index < -0.39 is 88.6 Å². The first-order chi connectivity index (χ1) is 18.3. The van der Waals surface area contributed by atoms with Gasteiger partial charge in [0.2, 0.25) is 10.7 Å². The summed E-state index contributed by atoms with van der Waals surface area (Å²) in [6, 6.07) is 0. The van der Waals surface area contributed by atoms with Crippen molar-refractivity contribution in [3.8, 4) is 0 Å². The molecular weight excluding hydrogens is 685 g/mol. The third-order valence-electron chi connectivity index (χ3n) is 5.18. The summed E-state index contributed by atoms with van der Waals surface area (Å²) in [6.45, 7) is 0.719. The molecule has 0 bridgehead atoms. The van der Waals surface area contributed by atoms with Gasteiger partial charge in [-0.05, 0) is 24.4 Å². The van der Waals surface area contributed by atoms with Crippen molar-refractivity contribution in [1.29, 1.82) is 0 Å². The first-order valence-electron chi connectivity index (χ1n) is 9.97. The second-order valence-electron chi connectivity index (χ2n) is 8.03. The fraction of sp³-hybridized carbons (Fsp3) is 0.706. The molecule has 1 heterocycles. The van der Waals surface area contributed by atoms with Gasteiger partial charge in [-0.3, -0.25) is 0 Å². The Morgan fingerprint density at radius 2 is 1.00 bits per heavy atom. The molecule has 1 aromatic heterocycles. The fourth-order valence-corrected chi connectivity index (χ4v) is 3.24. The van der Waals surface area contributed by atoms with Crippen LogP contribution >= 0.6 is 24.4 Å². The molecular formula is C17H11F19N4S2. The number of hydrogen-bond donors (Lipinski definition) is 2. The first kappa shape index (κ1) is 37.7. The maximum absolute atomic E-state index is 14.2. The normalized spacial score (nSPS) is 15.1. The first-order valence-corrected chi connectivity index (χ1v) is 10.8. The minimum Gasteiger partial charge on any atom is -0.338 e. The van der Waals surface area contributed by atoms with Crippen LogP contribution in [0.3, 0.4) is 0 Å². The number of aromatic amines is 2. The van der Waals surface area contributed by atoms with E-state index in [2.05, 4.69) is 46.0 Å². The largest absolute Gasteiger partial charge is 0.460 e. The number of H-pyrrole nitrogens is 2. The van der Waals surface area contributed by atoms with Crippen molar-refractivity contribution in [1.82, 2.24) is 15.0 Å². The van der Waals surface area contributed by atoms with Gasteiger partial charge in [0.25, 0.3) is 0 Å². The van der Waals surface area contributed by atoms with E-state index in [1.165, 1.54) is 0 Å². The van der Waals surface area contributed by atoms with E-state index in [0.717, 1.165) is 6.08 Å². The van der Waals surface area contributed by atoms with E-state index in [0.29, 0.717) is 4.90 Å². The number of rotatable bonds is 13. The topological polar surface area (TPSA) is 47.7 Å². The van der Waals surface area contributed by atoms with Crippen molar-refractivity contribution in [3.05, 3.63) is 22.2 Å². The number of halogens is 19. The molecule has 42 heavy (non-hydrogen) atoms. The lowest BCUT2D eigenvalue weighted by Crippen LogP contribution is -2.75. The Morgan fingerprint density at radius 1 is 0.619 bits per heavy atom. The molecule has 4 nitrogen and oxygen atoms in total. The smallest absolute Gasteiger partial charge is 0.338 e. The van der Waals surface area contributed by atoms with Crippen LogP contribution in [0.1, 0.15) is 6.42 Å². The molecule has 0 aromatic carbocycles. The molecule has 0 unspecified atom stereocenters. The molecule has 0 atom stereocenters. The van der Waals surface area contributed by atoms with Crippen LogP contribution in [0, 0.1) is 9.54 Å². The van der Waals surface area contributed by atoms with Gasteiger partial charge < -0.3 is 14.9 Å². The van der Waals surface area contributed by atoms with Crippen LogP contribution in [-0.4, -0.2) is 81.6 Å². The summed E-state index contributed by atoms with van der Waals surface area (Å²) in [5.74, 6) is -67.6. The van der Waals surface area contributed by atoms with Crippen LogP contribution in [0.5, 0.6) is 0 Å². The summed E-state index contributed by atoms with van der Waals surface area (Å²) in [4.78, 5) is 8.10. The monoisotopic (exact) mass is 696 g/mol. The van der Waals surface area contributed by atoms with Crippen molar-refractivity contribution in [2.45, 2.75) is 60.0 Å². The van der Waals surface area contributed by atoms with E-state index in [9.17, 15) is 83.4 Å². The summed E-state index contributed by atoms with van der Waals surface area (Å²) >= 11 is 9.19. The molecule has 0 aliphatic rings. The summed E-state index contributed by atoms with van der Waals surface area (Å²) in [5, 5.41) is 0. The molecule has 0 saturated heterocycles. The van der Waals surface area contributed by atoms with Gasteiger partial charge in [-0.25, -0.2) is 0 Å². The molecule has 2 N–H and O–H groups in total. The van der Waals surface area contributed by atoms with Crippen molar-refractivity contribution < 1.29 is 83.4 Å². The zero-order valence-electron chi connectivity index (χ0n) is 19.3. The summed E-state index contributed by atoms with van der Waals surface area (Å²) in [5.41, 5.74) is 0. The highest BCUT2D eigenvalue weighted by molar-refractivity contribution is 7.71. The van der Waals surface area contributed by atoms with Crippen LogP contribution in [0.25, 0.3) is 0 Å². The molecule has 25 heteroatoms. The minimum atomic E-state index is -8.96. The number of nitrogens with zero attached hydrogens (tertiary/aromatic N) is 2. The maximum Gasteiger partial charge on any atom is 0.460 e. The molecule has 0 spiro atoms. The lowest BCUT2D eigenvalue weighted by atomic mass is 9.87. The quantitative estimate of drug-likeness (QED) is 0.124. The maximum atomic E-state index is 14.2. The van der Waals surface area contributed by atoms with Crippen LogP contribution in [0.4, 0.5) is 89.4 Å². The average molecular weight is 696 g/mol. The zero-order chi connectivity index (χ0) is 33.8. The number of alkyl halides is 19. The molecule has 1 rings (SSSR count). The SMILES string of the molecule is C=CCN(CCC(F)(F)C(F)(F)C(F)(F)C(F)(F)C(F)(F)C(F)(F)C(F)(F)C(F)(F)C(F)(F)F)c1nc(=S)[nH]c(=S)[nH]1. The van der Waals surface area contributed by atoms with Crippen molar-refractivity contribution in [3.63, 3.8) is 0 Å². The van der Waals surface area contributed by atoms with Gasteiger partial charge in [-0.1, -0.05) is 6.08 Å². The van der Waals surface area contributed by atoms with Gasteiger partial charge in [0.05, 0.1) is 0 Å². The Hall–Kier alpha value is -2.34. The summed E-state index contributed by atoms with van der Waals surface area (Å²) < 4.78 is 255. The minimum absolute atomic E-state index is 0.398. The Labute approximate surface area is 229 Å². The third kappa shape index (κ3) is 5.65. The lowest BCUT2D eigenvalue weighted by Gasteiger charge is -2.44. The van der Waals surface area contributed by atoms with Crippen molar-refractivity contribution in [2.75, 3.05) is 18.0 Å². The number of aromatic nitrogens is 3. The molecule has 0 radical (unpaired) electrons. The van der Waals surface area contributed by atoms with Gasteiger partial charge in [0.15, 0.2) is 4.77 Å². The summed E-state index contributed by atoms with van der Waals surface area (Å²) in [7, 11) is 0. The predicted molar refractivity (Wildman–Crippen MR) is 107 cm³/mol. The standard InChI is InChI=1S/C17H11F19N4S2/c1-2-4-40(6-37-7(41)39-8(42)38-6)5-3-9(18,19)10(20,21)11(22,23)12(24,25)13(26,27)14(28,29)15(30,31)16(32,33)17(34,35)36/h2H,1,3-5H2,(H2,37,38,39,41,42). The van der Waals surface area contributed by atoms with E-state index >= 15 is 0 Å². The third-order valence-corrected chi connectivity index (χ3v) is 5.58. The highest BCUT2D eigenvalue weighted by atomic mass is 32.1. The molecule has 0 amide bonds. The number of anilines is 1. The van der Waals surface area contributed by atoms with Gasteiger partial charge in [0.1, 0.15) is 0 Å². The molecule has 0 fully saturated rings. The van der Waals surface area contributed by atoms with E-state index in [-0.39, 0.29) is 0 Å². The number of nitrogens with one attached hydrogen (secondary N) is 2. The summed E-state index contributed by atoms with van der Waals surface area (Å²) in [6.07, 6.45) is -9.88. The van der Waals surface area contributed by atoms with Crippen molar-refractivity contribution in [2.24, 2.45) is 0 Å². The molecule has 0 aliphatic carbocycles. The van der Waals surface area contributed by atoms with Crippen LogP contribution < -0.4 is 4.90 Å². The van der Waals surface area contributed by atoms with Gasteiger partial charge >= 0.3 is 53.6 Å². The van der Waals surface area contributed by atoms with E-state index in [1.807, 2.05) is 0 Å². The van der Waals surface area contributed by atoms with E-state index in [1.54, 1.807) is 0 Å². The van der Waals surface area contributed by atoms with Crippen LogP contribution in [-0.2, 0) is 0 Å². The lowest BCUT2D eigenvalue weighted by molar-refractivity contribution is -0.468. The molecule has 244 valence electrons. The fourth-order valence-electron chi connectivity index (χ4n) is 2.80. The second-order valence-corrected chi connectivity index (χ2v) is 8.82. The Morgan fingerprint density at radius 3 is 1.36 bits per heavy atom. The van der Waals surface area contributed by atoms with Crippen LogP contribution in [0.15, 0.2) is 12.7 Å². The molecule has 0 saturated carbocycles. The Kier molecular flexibility index (Phi) is 9.85. The van der Waals surface area contributed by atoms with Crippen LogP contribution in [0.2, 0.25) is 0 Å². The van der Waals surface area contributed by atoms with Gasteiger partial charge in [-0.15, -0.1) is 6.58 Å². The molecule has 0 aliphatic heterocycles. The van der Waals surface area contributed by atoms with E-state index in [4.69, 9.17) is 0 Å². The zero-order valence-corrected chi connectivity index (χ0v) is 20.9. The van der Waals surface area contributed by atoms with Gasteiger partial charge in [0, 0.05) is 19.5 Å². The van der Waals surface area contributed by atoms with Gasteiger partial charge in [-0.2, -0.15) is 88.4 Å². The predicted octanol–water partition coefficient (Wildman–Crippen LogP) is 8.22. The highest BCUT2D eigenvalue weighted by Gasteiger charge is 2.96. The Balaban J connectivity index is 3.59. The second kappa shape index (κ2) is 11.0. The van der Waals surface area contributed by atoms with Crippen molar-refractivity contribution >= 4 is 30.4 Å². The molecule has 1 aromatic rings. The number of hydrogen-bond acceptors (Lipinski definition) is 4. The highest BCUT2D eigenvalue weighted by Crippen LogP contribution is 2.65.